The van der Waals surface area contributed by atoms with Crippen LogP contribution in [0.2, 0.25) is 0 Å². The van der Waals surface area contributed by atoms with Crippen molar-refractivity contribution in [3.8, 4) is 22.9 Å². The van der Waals surface area contributed by atoms with Gasteiger partial charge < -0.3 is 24.8 Å². The maximum absolute atomic E-state index is 5.85. The van der Waals surface area contributed by atoms with Crippen LogP contribution in [0.25, 0.3) is 11.4 Å². The normalized spacial score (nSPS) is 14.6. The first-order chi connectivity index (χ1) is 11.2. The highest BCUT2D eigenvalue weighted by atomic mass is 16.5. The van der Waals surface area contributed by atoms with Gasteiger partial charge in [-0.1, -0.05) is 0 Å². The second-order valence-corrected chi connectivity index (χ2v) is 4.99. The number of nitrogens with zero attached hydrogens (tertiary/aromatic N) is 4. The molecular formula is C15H19N5O3. The minimum atomic E-state index is 0.186. The Morgan fingerprint density at radius 2 is 1.78 bits per heavy atom. The molecule has 0 unspecified atom stereocenters. The summed E-state index contributed by atoms with van der Waals surface area (Å²) in [5.41, 5.74) is 6.64. The van der Waals surface area contributed by atoms with Crippen LogP contribution in [0.3, 0.4) is 0 Å². The van der Waals surface area contributed by atoms with Crippen LogP contribution in [-0.4, -0.2) is 55.5 Å². The molecule has 8 heteroatoms. The van der Waals surface area contributed by atoms with E-state index < -0.39 is 0 Å². The van der Waals surface area contributed by atoms with Crippen molar-refractivity contribution in [2.45, 2.75) is 0 Å². The van der Waals surface area contributed by atoms with Gasteiger partial charge in [-0.2, -0.15) is 15.0 Å². The van der Waals surface area contributed by atoms with E-state index in [0.29, 0.717) is 36.5 Å². The molecule has 1 saturated heterocycles. The molecule has 3 rings (SSSR count). The van der Waals surface area contributed by atoms with Crippen molar-refractivity contribution in [2.24, 2.45) is 0 Å². The van der Waals surface area contributed by atoms with Crippen molar-refractivity contribution in [1.82, 2.24) is 15.0 Å². The lowest BCUT2D eigenvalue weighted by atomic mass is 10.2. The highest BCUT2D eigenvalue weighted by molar-refractivity contribution is 5.63. The molecular weight excluding hydrogens is 298 g/mol. The molecule has 0 radical (unpaired) electrons. The molecule has 1 aliphatic heterocycles. The minimum Gasteiger partial charge on any atom is -0.493 e. The summed E-state index contributed by atoms with van der Waals surface area (Å²) < 4.78 is 15.9. The van der Waals surface area contributed by atoms with E-state index in [-0.39, 0.29) is 5.95 Å². The van der Waals surface area contributed by atoms with Gasteiger partial charge in [0.1, 0.15) is 0 Å². The zero-order valence-corrected chi connectivity index (χ0v) is 13.2. The van der Waals surface area contributed by atoms with Gasteiger partial charge in [-0.3, -0.25) is 0 Å². The standard InChI is InChI=1S/C15H19N5O3/c1-21-11-4-3-10(9-12(11)22-2)13-17-14(16)19-15(18-13)20-5-7-23-8-6-20/h3-4,9H,5-8H2,1-2H3,(H2,16,17,18,19). The van der Waals surface area contributed by atoms with Crippen molar-refractivity contribution < 1.29 is 14.2 Å². The molecule has 1 aliphatic rings. The molecule has 1 aromatic heterocycles. The molecule has 0 amide bonds. The van der Waals surface area contributed by atoms with E-state index in [9.17, 15) is 0 Å². The van der Waals surface area contributed by atoms with Gasteiger partial charge >= 0.3 is 0 Å². The Labute approximate surface area is 134 Å². The molecule has 0 aliphatic carbocycles. The Morgan fingerprint density at radius 1 is 1.04 bits per heavy atom. The Morgan fingerprint density at radius 3 is 2.48 bits per heavy atom. The molecule has 2 N–H and O–H groups in total. The van der Waals surface area contributed by atoms with E-state index in [2.05, 4.69) is 15.0 Å². The molecule has 0 atom stereocenters. The summed E-state index contributed by atoms with van der Waals surface area (Å²) in [4.78, 5) is 15.0. The summed E-state index contributed by atoms with van der Waals surface area (Å²) in [6.07, 6.45) is 0. The fourth-order valence-electron chi connectivity index (χ4n) is 2.39. The lowest BCUT2D eigenvalue weighted by Crippen LogP contribution is -2.37. The number of methoxy groups -OCH3 is 2. The summed E-state index contributed by atoms with van der Waals surface area (Å²) in [6.45, 7) is 2.76. The van der Waals surface area contributed by atoms with Crippen molar-refractivity contribution in [3.05, 3.63) is 18.2 Å². The van der Waals surface area contributed by atoms with Crippen molar-refractivity contribution in [3.63, 3.8) is 0 Å². The lowest BCUT2D eigenvalue weighted by Gasteiger charge is -2.26. The number of rotatable bonds is 4. The largest absolute Gasteiger partial charge is 0.493 e. The third-order valence-electron chi connectivity index (χ3n) is 3.58. The number of morpholine rings is 1. The van der Waals surface area contributed by atoms with Gasteiger partial charge in [0.15, 0.2) is 17.3 Å². The van der Waals surface area contributed by atoms with Gasteiger partial charge in [-0.15, -0.1) is 0 Å². The van der Waals surface area contributed by atoms with Gasteiger partial charge in [0, 0.05) is 18.7 Å². The molecule has 2 heterocycles. The second kappa shape index (κ2) is 6.66. The number of nitrogen functional groups attached to an aromatic ring is 1. The number of benzene rings is 1. The molecule has 122 valence electrons. The van der Waals surface area contributed by atoms with Crippen molar-refractivity contribution in [2.75, 3.05) is 51.2 Å². The first-order valence-electron chi connectivity index (χ1n) is 7.28. The number of hydrogen-bond donors (Lipinski definition) is 1. The lowest BCUT2D eigenvalue weighted by molar-refractivity contribution is 0.122. The van der Waals surface area contributed by atoms with E-state index in [0.717, 1.165) is 18.7 Å². The maximum Gasteiger partial charge on any atom is 0.230 e. The van der Waals surface area contributed by atoms with Gasteiger partial charge in [-0.25, -0.2) is 0 Å². The van der Waals surface area contributed by atoms with Crippen molar-refractivity contribution >= 4 is 11.9 Å². The summed E-state index contributed by atoms with van der Waals surface area (Å²) in [6, 6.07) is 5.48. The Hall–Kier alpha value is -2.61. The number of nitrogens with two attached hydrogens (primary N) is 1. The van der Waals surface area contributed by atoms with Crippen LogP contribution in [0, 0.1) is 0 Å². The summed E-state index contributed by atoms with van der Waals surface area (Å²) in [5, 5.41) is 0. The van der Waals surface area contributed by atoms with Crippen LogP contribution in [0.4, 0.5) is 11.9 Å². The smallest absolute Gasteiger partial charge is 0.230 e. The summed E-state index contributed by atoms with van der Waals surface area (Å²) >= 11 is 0. The monoisotopic (exact) mass is 317 g/mol. The number of hydrogen-bond acceptors (Lipinski definition) is 8. The highest BCUT2D eigenvalue weighted by Crippen LogP contribution is 2.31. The Balaban J connectivity index is 1.97. The van der Waals surface area contributed by atoms with E-state index in [4.69, 9.17) is 19.9 Å². The molecule has 0 bridgehead atoms. The zero-order valence-electron chi connectivity index (χ0n) is 13.2. The third-order valence-corrected chi connectivity index (χ3v) is 3.58. The Kier molecular flexibility index (Phi) is 4.42. The molecule has 0 spiro atoms. The first kappa shape index (κ1) is 15.3. The van der Waals surface area contributed by atoms with Gasteiger partial charge in [-0.05, 0) is 18.2 Å². The first-order valence-corrected chi connectivity index (χ1v) is 7.28. The number of anilines is 2. The molecule has 0 saturated carbocycles. The second-order valence-electron chi connectivity index (χ2n) is 4.99. The van der Waals surface area contributed by atoms with E-state index in [1.54, 1.807) is 14.2 Å². The maximum atomic E-state index is 5.85. The topological polar surface area (TPSA) is 95.6 Å². The minimum absolute atomic E-state index is 0.186. The van der Waals surface area contributed by atoms with Crippen LogP contribution in [-0.2, 0) is 4.74 Å². The van der Waals surface area contributed by atoms with Crippen LogP contribution in [0.5, 0.6) is 11.5 Å². The van der Waals surface area contributed by atoms with E-state index in [1.807, 2.05) is 23.1 Å². The average molecular weight is 317 g/mol. The summed E-state index contributed by atoms with van der Waals surface area (Å²) in [5.74, 6) is 2.50. The van der Waals surface area contributed by atoms with Crippen LogP contribution < -0.4 is 20.1 Å². The molecule has 1 aromatic carbocycles. The van der Waals surface area contributed by atoms with Crippen molar-refractivity contribution in [1.29, 1.82) is 0 Å². The fourth-order valence-corrected chi connectivity index (χ4v) is 2.39. The highest BCUT2D eigenvalue weighted by Gasteiger charge is 2.17. The predicted molar refractivity (Wildman–Crippen MR) is 85.8 cm³/mol. The fraction of sp³-hybridized carbons (Fsp3) is 0.400. The molecule has 8 nitrogen and oxygen atoms in total. The SMILES string of the molecule is COc1ccc(-c2nc(N)nc(N3CCOCC3)n2)cc1OC. The van der Waals surface area contributed by atoms with E-state index >= 15 is 0 Å². The molecule has 23 heavy (non-hydrogen) atoms. The summed E-state index contributed by atoms with van der Waals surface area (Å²) in [7, 11) is 3.18. The number of ether oxygens (including phenoxy) is 3. The average Bonchev–Trinajstić information content (AvgIpc) is 2.61. The molecule has 1 fully saturated rings. The van der Waals surface area contributed by atoms with Crippen LogP contribution in [0.15, 0.2) is 18.2 Å². The van der Waals surface area contributed by atoms with Gasteiger partial charge in [0.25, 0.3) is 0 Å². The Bertz CT molecular complexity index is 689. The molecule has 2 aromatic rings. The number of aromatic nitrogens is 3. The van der Waals surface area contributed by atoms with Crippen LogP contribution >= 0.6 is 0 Å². The third kappa shape index (κ3) is 3.26. The van der Waals surface area contributed by atoms with Gasteiger partial charge in [0.2, 0.25) is 11.9 Å². The van der Waals surface area contributed by atoms with Crippen LogP contribution in [0.1, 0.15) is 0 Å². The van der Waals surface area contributed by atoms with E-state index in [1.165, 1.54) is 0 Å². The quantitative estimate of drug-likeness (QED) is 0.891. The van der Waals surface area contributed by atoms with Gasteiger partial charge in [0.05, 0.1) is 27.4 Å². The predicted octanol–water partition coefficient (Wildman–Crippen LogP) is 0.975. The zero-order chi connectivity index (χ0) is 16.2.